The van der Waals surface area contributed by atoms with E-state index in [1.165, 1.54) is 12.1 Å². The number of hydrogen-bond donors (Lipinski definition) is 1. The Morgan fingerprint density at radius 3 is 2.39 bits per heavy atom. The Labute approximate surface area is 169 Å². The molecule has 28 heavy (non-hydrogen) atoms. The van der Waals surface area contributed by atoms with Crippen LogP contribution in [0.5, 0.6) is 5.75 Å². The molecule has 0 aromatic heterocycles. The summed E-state index contributed by atoms with van der Waals surface area (Å²) in [6, 6.07) is 12.4. The SMILES string of the molecule is COc1ccccc1N1CCN(C(=O)c2ccc(NS(C)(=O)=O)c(Cl)c2)CC1. The molecule has 1 aliphatic rings. The number of para-hydroxylation sites is 2. The lowest BCUT2D eigenvalue weighted by Crippen LogP contribution is -2.48. The Kier molecular flexibility index (Phi) is 6.00. The number of halogens is 1. The molecule has 0 saturated carbocycles. The van der Waals surface area contributed by atoms with Gasteiger partial charge in [0, 0.05) is 31.7 Å². The molecule has 2 aromatic carbocycles. The standard InChI is InChI=1S/C19H22ClN3O4S/c1-27-18-6-4-3-5-17(18)22-9-11-23(12-10-22)19(24)14-7-8-16(15(20)13-14)21-28(2,25)26/h3-8,13,21H,9-12H2,1-2H3. The summed E-state index contributed by atoms with van der Waals surface area (Å²) in [5.41, 5.74) is 1.69. The molecule has 1 amide bonds. The van der Waals surface area contributed by atoms with E-state index in [2.05, 4.69) is 9.62 Å². The largest absolute Gasteiger partial charge is 0.495 e. The molecule has 2 aromatic rings. The third kappa shape index (κ3) is 4.69. The van der Waals surface area contributed by atoms with Crippen molar-refractivity contribution in [2.45, 2.75) is 0 Å². The molecular weight excluding hydrogens is 402 g/mol. The van der Waals surface area contributed by atoms with Crippen molar-refractivity contribution >= 4 is 38.9 Å². The number of carbonyl (C=O) groups is 1. The Morgan fingerprint density at radius 2 is 1.79 bits per heavy atom. The van der Waals surface area contributed by atoms with Crippen LogP contribution in [-0.2, 0) is 10.0 Å². The maximum atomic E-state index is 12.8. The van der Waals surface area contributed by atoms with E-state index >= 15 is 0 Å². The first kappa shape index (κ1) is 20.3. The van der Waals surface area contributed by atoms with Crippen LogP contribution in [-0.4, -0.2) is 58.8 Å². The first-order valence-electron chi connectivity index (χ1n) is 8.73. The maximum Gasteiger partial charge on any atom is 0.254 e. The second kappa shape index (κ2) is 8.28. The van der Waals surface area contributed by atoms with Gasteiger partial charge in [-0.1, -0.05) is 23.7 Å². The van der Waals surface area contributed by atoms with Crippen LogP contribution in [0.4, 0.5) is 11.4 Å². The van der Waals surface area contributed by atoms with Crippen LogP contribution >= 0.6 is 11.6 Å². The van der Waals surface area contributed by atoms with E-state index in [1.54, 1.807) is 18.1 Å². The lowest BCUT2D eigenvalue weighted by atomic mass is 10.1. The summed E-state index contributed by atoms with van der Waals surface area (Å²) in [6.45, 7) is 2.51. The number of amides is 1. The minimum atomic E-state index is -3.44. The molecule has 1 fully saturated rings. The van der Waals surface area contributed by atoms with Crippen LogP contribution in [0.15, 0.2) is 42.5 Å². The van der Waals surface area contributed by atoms with Gasteiger partial charge >= 0.3 is 0 Å². The van der Waals surface area contributed by atoms with Crippen molar-refractivity contribution in [3.05, 3.63) is 53.1 Å². The zero-order chi connectivity index (χ0) is 20.3. The van der Waals surface area contributed by atoms with Gasteiger partial charge in [0.25, 0.3) is 5.91 Å². The van der Waals surface area contributed by atoms with Gasteiger partial charge in [0.2, 0.25) is 10.0 Å². The van der Waals surface area contributed by atoms with Gasteiger partial charge in [-0.25, -0.2) is 8.42 Å². The van der Waals surface area contributed by atoms with Crippen molar-refractivity contribution in [3.8, 4) is 5.75 Å². The van der Waals surface area contributed by atoms with Crippen molar-refractivity contribution in [2.75, 3.05) is 49.2 Å². The van der Waals surface area contributed by atoms with Crippen LogP contribution in [0.2, 0.25) is 5.02 Å². The van der Waals surface area contributed by atoms with Gasteiger partial charge in [0.05, 0.1) is 29.8 Å². The fraction of sp³-hybridized carbons (Fsp3) is 0.316. The highest BCUT2D eigenvalue weighted by atomic mass is 35.5. The molecule has 1 saturated heterocycles. The molecule has 9 heteroatoms. The number of carbonyl (C=O) groups excluding carboxylic acids is 1. The van der Waals surface area contributed by atoms with Crippen LogP contribution in [0, 0.1) is 0 Å². The molecule has 0 atom stereocenters. The van der Waals surface area contributed by atoms with E-state index in [0.29, 0.717) is 31.7 Å². The number of nitrogens with one attached hydrogen (secondary N) is 1. The Morgan fingerprint density at radius 1 is 1.11 bits per heavy atom. The Hall–Kier alpha value is -2.45. The smallest absolute Gasteiger partial charge is 0.254 e. The molecule has 0 bridgehead atoms. The van der Waals surface area contributed by atoms with Crippen LogP contribution in [0.25, 0.3) is 0 Å². The van der Waals surface area contributed by atoms with Crippen molar-refractivity contribution < 1.29 is 17.9 Å². The van der Waals surface area contributed by atoms with E-state index in [0.717, 1.165) is 17.7 Å². The number of rotatable bonds is 5. The van der Waals surface area contributed by atoms with E-state index in [4.69, 9.17) is 16.3 Å². The van der Waals surface area contributed by atoms with E-state index in [-0.39, 0.29) is 16.6 Å². The fourth-order valence-corrected chi connectivity index (χ4v) is 4.02. The zero-order valence-electron chi connectivity index (χ0n) is 15.7. The lowest BCUT2D eigenvalue weighted by molar-refractivity contribution is 0.0746. The van der Waals surface area contributed by atoms with Gasteiger partial charge in [0.15, 0.2) is 0 Å². The number of methoxy groups -OCH3 is 1. The van der Waals surface area contributed by atoms with Crippen LogP contribution in [0.1, 0.15) is 10.4 Å². The molecule has 150 valence electrons. The molecule has 3 rings (SSSR count). The van der Waals surface area contributed by atoms with Gasteiger partial charge < -0.3 is 14.5 Å². The normalized spacial score (nSPS) is 14.7. The highest BCUT2D eigenvalue weighted by Gasteiger charge is 2.24. The average molecular weight is 424 g/mol. The zero-order valence-corrected chi connectivity index (χ0v) is 17.3. The highest BCUT2D eigenvalue weighted by Crippen LogP contribution is 2.29. The number of anilines is 2. The summed E-state index contributed by atoms with van der Waals surface area (Å²) >= 11 is 6.14. The lowest BCUT2D eigenvalue weighted by Gasteiger charge is -2.36. The molecular formula is C19H22ClN3O4S. The number of hydrogen-bond acceptors (Lipinski definition) is 5. The predicted octanol–water partition coefficient (Wildman–Crippen LogP) is 2.68. The predicted molar refractivity (Wildman–Crippen MR) is 111 cm³/mol. The topological polar surface area (TPSA) is 79.0 Å². The number of benzene rings is 2. The van der Waals surface area contributed by atoms with Gasteiger partial charge in [-0.05, 0) is 30.3 Å². The van der Waals surface area contributed by atoms with Crippen molar-refractivity contribution in [1.29, 1.82) is 0 Å². The molecule has 7 nitrogen and oxygen atoms in total. The minimum absolute atomic E-state index is 0.132. The second-order valence-electron chi connectivity index (χ2n) is 6.52. The van der Waals surface area contributed by atoms with E-state index in [9.17, 15) is 13.2 Å². The summed E-state index contributed by atoms with van der Waals surface area (Å²) < 4.78 is 30.5. The van der Waals surface area contributed by atoms with E-state index < -0.39 is 10.0 Å². The molecule has 0 unspecified atom stereocenters. The summed E-state index contributed by atoms with van der Waals surface area (Å²) in [7, 11) is -1.79. The summed E-state index contributed by atoms with van der Waals surface area (Å²) in [5, 5.41) is 0.184. The van der Waals surface area contributed by atoms with Gasteiger partial charge in [0.1, 0.15) is 5.75 Å². The Bertz CT molecular complexity index is 973. The molecule has 0 radical (unpaired) electrons. The molecule has 0 aliphatic carbocycles. The van der Waals surface area contributed by atoms with Crippen molar-refractivity contribution in [1.82, 2.24) is 4.90 Å². The number of ether oxygens (including phenoxy) is 1. The quantitative estimate of drug-likeness (QED) is 0.799. The van der Waals surface area contributed by atoms with Crippen LogP contribution in [0.3, 0.4) is 0 Å². The van der Waals surface area contributed by atoms with Crippen LogP contribution < -0.4 is 14.4 Å². The minimum Gasteiger partial charge on any atom is -0.495 e. The molecule has 1 N–H and O–H groups in total. The number of sulfonamides is 1. The third-order valence-corrected chi connectivity index (χ3v) is 5.41. The summed E-state index contributed by atoms with van der Waals surface area (Å²) in [6.07, 6.45) is 1.05. The van der Waals surface area contributed by atoms with Gasteiger partial charge in [-0.15, -0.1) is 0 Å². The average Bonchev–Trinajstić information content (AvgIpc) is 2.68. The van der Waals surface area contributed by atoms with Crippen molar-refractivity contribution in [2.24, 2.45) is 0 Å². The summed E-state index contributed by atoms with van der Waals surface area (Å²) in [5.74, 6) is 0.676. The maximum absolute atomic E-state index is 12.8. The first-order chi connectivity index (χ1) is 13.3. The highest BCUT2D eigenvalue weighted by molar-refractivity contribution is 7.92. The summed E-state index contributed by atoms with van der Waals surface area (Å²) in [4.78, 5) is 16.8. The molecule has 0 spiro atoms. The molecule has 1 heterocycles. The number of nitrogens with zero attached hydrogens (tertiary/aromatic N) is 2. The first-order valence-corrected chi connectivity index (χ1v) is 11.0. The van der Waals surface area contributed by atoms with Crippen molar-refractivity contribution in [3.63, 3.8) is 0 Å². The second-order valence-corrected chi connectivity index (χ2v) is 8.68. The van der Waals surface area contributed by atoms with E-state index in [1.807, 2.05) is 24.3 Å². The third-order valence-electron chi connectivity index (χ3n) is 4.50. The fourth-order valence-electron chi connectivity index (χ4n) is 3.15. The molecule has 1 aliphatic heterocycles. The Balaban J connectivity index is 1.68. The van der Waals surface area contributed by atoms with Gasteiger partial charge in [-0.2, -0.15) is 0 Å². The monoisotopic (exact) mass is 423 g/mol. The van der Waals surface area contributed by atoms with Gasteiger partial charge in [-0.3, -0.25) is 9.52 Å². The number of piperazine rings is 1.